The predicted octanol–water partition coefficient (Wildman–Crippen LogP) is 3.04. The third-order valence-electron chi connectivity index (χ3n) is 3.98. The van der Waals surface area contributed by atoms with Crippen LogP contribution in [0.15, 0.2) is 47.3 Å². The highest BCUT2D eigenvalue weighted by Crippen LogP contribution is 2.31. The molecule has 8 heteroatoms. The second kappa shape index (κ2) is 7.02. The molecule has 0 saturated heterocycles. The summed E-state index contributed by atoms with van der Waals surface area (Å²) in [6.07, 6.45) is 1.75. The van der Waals surface area contributed by atoms with Gasteiger partial charge in [0, 0.05) is 16.1 Å². The van der Waals surface area contributed by atoms with Crippen LogP contribution < -0.4 is 19.6 Å². The SMILES string of the molecule is COc1cccc(/C=c2/sc3nc(-c4cccc(Cl)c4)nn3c2=O)c1OC. The average molecular weight is 400 g/mol. The molecule has 2 aromatic heterocycles. The van der Waals surface area contributed by atoms with Gasteiger partial charge in [0.1, 0.15) is 0 Å². The number of ether oxygens (including phenoxy) is 2. The van der Waals surface area contributed by atoms with Gasteiger partial charge in [-0.15, -0.1) is 5.10 Å². The maximum atomic E-state index is 12.7. The molecule has 136 valence electrons. The molecule has 2 aromatic carbocycles. The first-order valence-corrected chi connectivity index (χ1v) is 9.18. The monoisotopic (exact) mass is 399 g/mol. The highest BCUT2D eigenvalue weighted by Gasteiger charge is 2.13. The van der Waals surface area contributed by atoms with Crippen LogP contribution in [-0.4, -0.2) is 28.8 Å². The van der Waals surface area contributed by atoms with E-state index in [1.54, 1.807) is 38.5 Å². The molecule has 6 nitrogen and oxygen atoms in total. The summed E-state index contributed by atoms with van der Waals surface area (Å²) in [6.45, 7) is 0. The number of hydrogen-bond donors (Lipinski definition) is 0. The van der Waals surface area contributed by atoms with E-state index in [4.69, 9.17) is 21.1 Å². The van der Waals surface area contributed by atoms with Gasteiger partial charge in [0.05, 0.1) is 18.8 Å². The summed E-state index contributed by atoms with van der Waals surface area (Å²) in [6, 6.07) is 12.7. The molecule has 2 heterocycles. The number of hydrogen-bond acceptors (Lipinski definition) is 6. The maximum Gasteiger partial charge on any atom is 0.291 e. The van der Waals surface area contributed by atoms with Gasteiger partial charge in [-0.25, -0.2) is 0 Å². The van der Waals surface area contributed by atoms with Crippen molar-refractivity contribution in [3.63, 3.8) is 0 Å². The lowest BCUT2D eigenvalue weighted by atomic mass is 10.2. The fourth-order valence-corrected chi connectivity index (χ4v) is 3.84. The van der Waals surface area contributed by atoms with Crippen molar-refractivity contribution in [2.45, 2.75) is 0 Å². The van der Waals surface area contributed by atoms with Crippen LogP contribution >= 0.6 is 22.9 Å². The zero-order valence-electron chi connectivity index (χ0n) is 14.5. The fraction of sp³-hybridized carbons (Fsp3) is 0.105. The Kier molecular flexibility index (Phi) is 4.55. The van der Waals surface area contributed by atoms with Crippen LogP contribution in [0, 0.1) is 0 Å². The van der Waals surface area contributed by atoms with Gasteiger partial charge in [-0.05, 0) is 24.3 Å². The van der Waals surface area contributed by atoms with Crippen molar-refractivity contribution >= 4 is 34.0 Å². The Morgan fingerprint density at radius 1 is 1.15 bits per heavy atom. The van der Waals surface area contributed by atoms with Gasteiger partial charge in [0.25, 0.3) is 5.56 Å². The molecule has 0 saturated carbocycles. The van der Waals surface area contributed by atoms with Crippen LogP contribution in [0.25, 0.3) is 22.4 Å². The van der Waals surface area contributed by atoms with Crippen molar-refractivity contribution in [1.29, 1.82) is 0 Å². The summed E-state index contributed by atoms with van der Waals surface area (Å²) in [7, 11) is 3.13. The van der Waals surface area contributed by atoms with Crippen molar-refractivity contribution in [3.8, 4) is 22.9 Å². The van der Waals surface area contributed by atoms with Crippen molar-refractivity contribution in [1.82, 2.24) is 14.6 Å². The summed E-state index contributed by atoms with van der Waals surface area (Å²) in [4.78, 5) is 17.7. The van der Waals surface area contributed by atoms with E-state index in [2.05, 4.69) is 10.1 Å². The zero-order valence-corrected chi connectivity index (χ0v) is 16.0. The Morgan fingerprint density at radius 2 is 1.96 bits per heavy atom. The molecule has 0 bridgehead atoms. The number of rotatable bonds is 4. The van der Waals surface area contributed by atoms with Crippen molar-refractivity contribution in [2.24, 2.45) is 0 Å². The van der Waals surface area contributed by atoms with Gasteiger partial charge >= 0.3 is 0 Å². The lowest BCUT2D eigenvalue weighted by molar-refractivity contribution is 0.354. The Balaban J connectivity index is 1.83. The molecule has 4 rings (SSSR count). The summed E-state index contributed by atoms with van der Waals surface area (Å²) < 4.78 is 12.5. The Morgan fingerprint density at radius 3 is 2.67 bits per heavy atom. The van der Waals surface area contributed by atoms with Crippen LogP contribution in [0.2, 0.25) is 5.02 Å². The first-order chi connectivity index (χ1) is 13.1. The molecule has 0 radical (unpaired) electrons. The van der Waals surface area contributed by atoms with Gasteiger partial charge < -0.3 is 9.47 Å². The standard InChI is InChI=1S/C19H14ClN3O3S/c1-25-14-8-4-5-11(16(14)26-2)10-15-18(24)23-19(27-15)21-17(22-23)12-6-3-7-13(20)9-12/h3-10H,1-2H3/b15-10+. The molecular weight excluding hydrogens is 386 g/mol. The van der Waals surface area contributed by atoms with Gasteiger partial charge in [-0.3, -0.25) is 4.79 Å². The van der Waals surface area contributed by atoms with Crippen LogP contribution in [0.3, 0.4) is 0 Å². The van der Waals surface area contributed by atoms with Crippen LogP contribution in [0.5, 0.6) is 11.5 Å². The lowest BCUT2D eigenvalue weighted by Crippen LogP contribution is -2.23. The molecule has 0 fully saturated rings. The number of halogens is 1. The molecule has 0 atom stereocenters. The van der Waals surface area contributed by atoms with Gasteiger partial charge in [0.15, 0.2) is 17.3 Å². The molecule has 0 aliphatic carbocycles. The normalized spacial score (nSPS) is 11.9. The number of nitrogens with zero attached hydrogens (tertiary/aromatic N) is 3. The number of aromatic nitrogens is 3. The summed E-state index contributed by atoms with van der Waals surface area (Å²) >= 11 is 7.28. The highest BCUT2D eigenvalue weighted by atomic mass is 35.5. The fourth-order valence-electron chi connectivity index (χ4n) is 2.75. The molecule has 0 aliphatic rings. The van der Waals surface area contributed by atoms with E-state index in [0.29, 0.717) is 31.8 Å². The third-order valence-corrected chi connectivity index (χ3v) is 5.18. The number of methoxy groups -OCH3 is 2. The van der Waals surface area contributed by atoms with Crippen LogP contribution in [0.4, 0.5) is 0 Å². The van der Waals surface area contributed by atoms with E-state index in [-0.39, 0.29) is 5.56 Å². The molecule has 0 N–H and O–H groups in total. The first kappa shape index (κ1) is 17.5. The second-order valence-electron chi connectivity index (χ2n) is 5.64. The minimum atomic E-state index is -0.236. The number of para-hydroxylation sites is 1. The molecule has 27 heavy (non-hydrogen) atoms. The smallest absolute Gasteiger partial charge is 0.291 e. The number of thiazole rings is 1. The number of benzene rings is 2. The Hall–Kier alpha value is -2.90. The minimum absolute atomic E-state index is 0.236. The zero-order chi connectivity index (χ0) is 19.0. The predicted molar refractivity (Wildman–Crippen MR) is 106 cm³/mol. The molecule has 0 aliphatic heterocycles. The van der Waals surface area contributed by atoms with Crippen molar-refractivity contribution in [3.05, 3.63) is 67.9 Å². The van der Waals surface area contributed by atoms with Gasteiger partial charge in [-0.1, -0.05) is 47.2 Å². The van der Waals surface area contributed by atoms with Crippen LogP contribution in [-0.2, 0) is 0 Å². The average Bonchev–Trinajstić information content (AvgIpc) is 3.21. The van der Waals surface area contributed by atoms with Crippen molar-refractivity contribution in [2.75, 3.05) is 14.2 Å². The molecule has 0 spiro atoms. The van der Waals surface area contributed by atoms with E-state index < -0.39 is 0 Å². The maximum absolute atomic E-state index is 12.7. The van der Waals surface area contributed by atoms with Crippen LogP contribution in [0.1, 0.15) is 5.56 Å². The molecule has 0 amide bonds. The first-order valence-electron chi connectivity index (χ1n) is 7.99. The molecule has 0 unspecified atom stereocenters. The summed E-state index contributed by atoms with van der Waals surface area (Å²) in [5, 5.41) is 4.92. The Labute approximate surface area is 163 Å². The second-order valence-corrected chi connectivity index (χ2v) is 7.08. The summed E-state index contributed by atoms with van der Waals surface area (Å²) in [5.74, 6) is 1.63. The minimum Gasteiger partial charge on any atom is -0.493 e. The quantitative estimate of drug-likeness (QED) is 0.527. The Bertz CT molecular complexity index is 1250. The van der Waals surface area contributed by atoms with Crippen molar-refractivity contribution < 1.29 is 9.47 Å². The van der Waals surface area contributed by atoms with E-state index in [1.807, 2.05) is 24.3 Å². The van der Waals surface area contributed by atoms with E-state index in [9.17, 15) is 4.79 Å². The van der Waals surface area contributed by atoms with Gasteiger partial charge in [0.2, 0.25) is 4.96 Å². The van der Waals surface area contributed by atoms with E-state index in [1.165, 1.54) is 15.9 Å². The topological polar surface area (TPSA) is 65.7 Å². The highest BCUT2D eigenvalue weighted by molar-refractivity contribution is 7.15. The lowest BCUT2D eigenvalue weighted by Gasteiger charge is -2.09. The van der Waals surface area contributed by atoms with Gasteiger partial charge in [-0.2, -0.15) is 9.50 Å². The number of fused-ring (bicyclic) bond motifs is 1. The third kappa shape index (κ3) is 3.15. The summed E-state index contributed by atoms with van der Waals surface area (Å²) in [5.41, 5.74) is 1.27. The molecule has 4 aromatic rings. The van der Waals surface area contributed by atoms with E-state index >= 15 is 0 Å². The van der Waals surface area contributed by atoms with E-state index in [0.717, 1.165) is 11.1 Å². The largest absolute Gasteiger partial charge is 0.493 e. The molecular formula is C19H14ClN3O3S.